The summed E-state index contributed by atoms with van der Waals surface area (Å²) in [5, 5.41) is 4.69. The fraction of sp³-hybridized carbons (Fsp3) is 0.176. The molecule has 0 saturated carbocycles. The van der Waals surface area contributed by atoms with Crippen molar-refractivity contribution in [3.8, 4) is 0 Å². The van der Waals surface area contributed by atoms with E-state index in [2.05, 4.69) is 17.2 Å². The van der Waals surface area contributed by atoms with Gasteiger partial charge in [0.15, 0.2) is 5.17 Å². The van der Waals surface area contributed by atoms with Crippen LogP contribution in [0.25, 0.3) is 0 Å². The van der Waals surface area contributed by atoms with Gasteiger partial charge in [0.25, 0.3) is 0 Å². The van der Waals surface area contributed by atoms with Crippen molar-refractivity contribution in [1.82, 2.24) is 0 Å². The third-order valence-electron chi connectivity index (χ3n) is 3.37. The Labute approximate surface area is 154 Å². The second kappa shape index (κ2) is 7.47. The minimum atomic E-state index is -0.292. The predicted octanol–water partition coefficient (Wildman–Crippen LogP) is 5.52. The Morgan fingerprint density at radius 2 is 1.96 bits per heavy atom. The van der Waals surface area contributed by atoms with Gasteiger partial charge in [-0.3, -0.25) is 4.99 Å². The number of amidine groups is 1. The van der Waals surface area contributed by atoms with Crippen molar-refractivity contribution >= 4 is 57.5 Å². The van der Waals surface area contributed by atoms with Crippen molar-refractivity contribution < 1.29 is 4.79 Å². The molecule has 1 unspecified atom stereocenters. The number of urea groups is 1. The Morgan fingerprint density at radius 1 is 1.21 bits per heavy atom. The molecule has 1 aliphatic rings. The smallest absolute Gasteiger partial charge is 0.307 e. The predicted molar refractivity (Wildman–Crippen MR) is 104 cm³/mol. The number of hydrogen-bond acceptors (Lipinski definition) is 3. The van der Waals surface area contributed by atoms with Crippen molar-refractivity contribution in [2.75, 3.05) is 16.8 Å². The number of amides is 2. The number of thioether (sulfide) groups is 1. The maximum Gasteiger partial charge on any atom is 0.332 e. The molecule has 4 nitrogen and oxygen atoms in total. The summed E-state index contributed by atoms with van der Waals surface area (Å²) in [4.78, 5) is 18.9. The quantitative estimate of drug-likeness (QED) is 0.745. The molecule has 24 heavy (non-hydrogen) atoms. The highest BCUT2D eigenvalue weighted by Gasteiger charge is 2.27. The lowest BCUT2D eigenvalue weighted by Gasteiger charge is -2.23. The molecule has 1 heterocycles. The molecule has 0 fully saturated rings. The van der Waals surface area contributed by atoms with Crippen molar-refractivity contribution in [2.45, 2.75) is 12.2 Å². The van der Waals surface area contributed by atoms with Gasteiger partial charge in [-0.1, -0.05) is 60.1 Å². The molecule has 2 amide bonds. The Kier molecular flexibility index (Phi) is 5.33. The van der Waals surface area contributed by atoms with E-state index in [9.17, 15) is 4.79 Å². The zero-order valence-electron chi connectivity index (χ0n) is 12.9. The third kappa shape index (κ3) is 3.86. The lowest BCUT2D eigenvalue weighted by Crippen LogP contribution is -2.38. The third-order valence-corrected chi connectivity index (χ3v) is 5.18. The zero-order valence-corrected chi connectivity index (χ0v) is 15.2. The monoisotopic (exact) mass is 379 g/mol. The number of carbonyl (C=O) groups excluding carboxylic acids is 1. The standard InChI is InChI=1S/C17H15Cl2N3OS/c1-11-10-20-17(24-11)22(13-7-8-14(18)15(19)9-13)16(23)21-12-5-3-2-4-6-12/h2-9,11H,10H2,1H3,(H,21,23). The van der Waals surface area contributed by atoms with Crippen LogP contribution in [0.4, 0.5) is 16.2 Å². The van der Waals surface area contributed by atoms with E-state index in [1.807, 2.05) is 30.3 Å². The molecule has 2 aromatic carbocycles. The van der Waals surface area contributed by atoms with Crippen LogP contribution in [0, 0.1) is 0 Å². The van der Waals surface area contributed by atoms with Crippen LogP contribution in [-0.4, -0.2) is 23.0 Å². The minimum Gasteiger partial charge on any atom is -0.307 e. The number of hydrogen-bond donors (Lipinski definition) is 1. The molecular formula is C17H15Cl2N3OS. The second-order valence-electron chi connectivity index (χ2n) is 5.28. The van der Waals surface area contributed by atoms with Crippen LogP contribution < -0.4 is 10.2 Å². The van der Waals surface area contributed by atoms with Crippen LogP contribution in [-0.2, 0) is 0 Å². The summed E-state index contributed by atoms with van der Waals surface area (Å²) in [6.45, 7) is 2.75. The first-order valence-corrected chi connectivity index (χ1v) is 9.00. The van der Waals surface area contributed by atoms with E-state index in [1.54, 1.807) is 30.0 Å². The van der Waals surface area contributed by atoms with Gasteiger partial charge in [0.05, 0.1) is 22.3 Å². The van der Waals surface area contributed by atoms with Crippen molar-refractivity contribution in [3.63, 3.8) is 0 Å². The van der Waals surface area contributed by atoms with Gasteiger partial charge < -0.3 is 5.32 Å². The van der Waals surface area contributed by atoms with E-state index in [-0.39, 0.29) is 6.03 Å². The Balaban J connectivity index is 1.92. The van der Waals surface area contributed by atoms with Crippen LogP contribution in [0.3, 0.4) is 0 Å². The summed E-state index contributed by atoms with van der Waals surface area (Å²) in [6.07, 6.45) is 0. The van der Waals surface area contributed by atoms with Gasteiger partial charge in [-0.25, -0.2) is 9.69 Å². The van der Waals surface area contributed by atoms with Crippen LogP contribution in [0.1, 0.15) is 6.92 Å². The normalized spacial score (nSPS) is 16.6. The lowest BCUT2D eigenvalue weighted by molar-refractivity contribution is 0.259. The highest BCUT2D eigenvalue weighted by Crippen LogP contribution is 2.32. The number of benzene rings is 2. The van der Waals surface area contributed by atoms with E-state index in [1.165, 1.54) is 4.90 Å². The van der Waals surface area contributed by atoms with Crippen LogP contribution in [0.2, 0.25) is 10.0 Å². The van der Waals surface area contributed by atoms with E-state index in [0.29, 0.717) is 38.4 Å². The highest BCUT2D eigenvalue weighted by molar-refractivity contribution is 8.15. The average molecular weight is 380 g/mol. The molecule has 1 aliphatic heterocycles. The number of nitrogens with one attached hydrogen (secondary N) is 1. The molecule has 1 N–H and O–H groups in total. The molecule has 0 saturated heterocycles. The number of anilines is 2. The fourth-order valence-corrected chi connectivity index (χ4v) is 3.47. The molecule has 2 aromatic rings. The van der Waals surface area contributed by atoms with Gasteiger partial charge in [0, 0.05) is 10.9 Å². The van der Waals surface area contributed by atoms with Crippen LogP contribution >= 0.6 is 35.0 Å². The molecule has 7 heteroatoms. The first-order chi connectivity index (χ1) is 11.5. The van der Waals surface area contributed by atoms with E-state index >= 15 is 0 Å². The zero-order chi connectivity index (χ0) is 17.1. The van der Waals surface area contributed by atoms with Gasteiger partial charge in [-0.2, -0.15) is 0 Å². The maximum atomic E-state index is 12.8. The second-order valence-corrected chi connectivity index (χ2v) is 7.50. The Morgan fingerprint density at radius 3 is 2.58 bits per heavy atom. The van der Waals surface area contributed by atoms with E-state index in [0.717, 1.165) is 0 Å². The maximum absolute atomic E-state index is 12.8. The average Bonchev–Trinajstić information content (AvgIpc) is 2.98. The van der Waals surface area contributed by atoms with Gasteiger partial charge in [-0.05, 0) is 30.3 Å². The molecule has 1 atom stereocenters. The SMILES string of the molecule is CC1CN=C(N(C(=O)Nc2ccccc2)c2ccc(Cl)c(Cl)c2)S1. The summed E-state index contributed by atoms with van der Waals surface area (Å²) in [6, 6.07) is 14.1. The first kappa shape index (κ1) is 17.1. The van der Waals surface area contributed by atoms with Gasteiger partial charge in [-0.15, -0.1) is 0 Å². The molecule has 124 valence electrons. The van der Waals surface area contributed by atoms with Crippen molar-refractivity contribution in [3.05, 3.63) is 58.6 Å². The lowest BCUT2D eigenvalue weighted by atomic mass is 10.3. The number of carbonyl (C=O) groups is 1. The summed E-state index contributed by atoms with van der Waals surface area (Å²) in [5.74, 6) is 0. The number of nitrogens with zero attached hydrogens (tertiary/aromatic N) is 2. The molecule has 0 bridgehead atoms. The van der Waals surface area contributed by atoms with Gasteiger partial charge in [0.2, 0.25) is 0 Å². The minimum absolute atomic E-state index is 0.292. The van der Waals surface area contributed by atoms with Crippen LogP contribution in [0.15, 0.2) is 53.5 Å². The number of aliphatic imine (C=N–C) groups is 1. The number of halogens is 2. The van der Waals surface area contributed by atoms with E-state index in [4.69, 9.17) is 23.2 Å². The molecular weight excluding hydrogens is 365 g/mol. The van der Waals surface area contributed by atoms with Crippen molar-refractivity contribution in [2.24, 2.45) is 4.99 Å². The topological polar surface area (TPSA) is 44.7 Å². The molecule has 0 spiro atoms. The van der Waals surface area contributed by atoms with Gasteiger partial charge >= 0.3 is 6.03 Å². The Bertz CT molecular complexity index is 783. The number of rotatable bonds is 2. The molecule has 0 aromatic heterocycles. The largest absolute Gasteiger partial charge is 0.332 e. The molecule has 0 radical (unpaired) electrons. The van der Waals surface area contributed by atoms with Crippen LogP contribution in [0.5, 0.6) is 0 Å². The summed E-state index contributed by atoms with van der Waals surface area (Å²) in [7, 11) is 0. The number of para-hydroxylation sites is 1. The summed E-state index contributed by atoms with van der Waals surface area (Å²) < 4.78 is 0. The summed E-state index contributed by atoms with van der Waals surface area (Å²) >= 11 is 13.7. The van der Waals surface area contributed by atoms with Crippen molar-refractivity contribution in [1.29, 1.82) is 0 Å². The highest BCUT2D eigenvalue weighted by atomic mass is 35.5. The van der Waals surface area contributed by atoms with E-state index < -0.39 is 0 Å². The Hall–Kier alpha value is -1.69. The van der Waals surface area contributed by atoms with Gasteiger partial charge in [0.1, 0.15) is 0 Å². The fourth-order valence-electron chi connectivity index (χ4n) is 2.22. The molecule has 0 aliphatic carbocycles. The molecule has 3 rings (SSSR count). The first-order valence-electron chi connectivity index (χ1n) is 7.37. The summed E-state index contributed by atoms with van der Waals surface area (Å²) in [5.41, 5.74) is 1.34.